The van der Waals surface area contributed by atoms with Gasteiger partial charge in [0.05, 0.1) is 4.90 Å². The largest absolute Gasteiger partial charge is 0.324 e. The second kappa shape index (κ2) is 7.75. The van der Waals surface area contributed by atoms with E-state index in [4.69, 9.17) is 0 Å². The van der Waals surface area contributed by atoms with Gasteiger partial charge >= 0.3 is 0 Å². The Kier molecular flexibility index (Phi) is 5.56. The van der Waals surface area contributed by atoms with E-state index in [0.717, 1.165) is 16.8 Å². The molecule has 6 nitrogen and oxygen atoms in total. The average molecular weight is 400 g/mol. The Morgan fingerprint density at radius 1 is 1.11 bits per heavy atom. The van der Waals surface area contributed by atoms with Crippen LogP contribution in [-0.2, 0) is 14.8 Å². The molecule has 1 amide bonds. The first-order valence-electron chi connectivity index (χ1n) is 9.26. The molecule has 3 rings (SSSR count). The van der Waals surface area contributed by atoms with Gasteiger partial charge in [-0.15, -0.1) is 0 Å². The predicted molar refractivity (Wildman–Crippen MR) is 111 cm³/mol. The third-order valence-electron chi connectivity index (χ3n) is 4.81. The van der Waals surface area contributed by atoms with Crippen LogP contribution < -0.4 is 10.0 Å². The zero-order chi connectivity index (χ0) is 20.5. The van der Waals surface area contributed by atoms with Crippen molar-refractivity contribution in [2.45, 2.75) is 45.1 Å². The van der Waals surface area contributed by atoms with Crippen molar-refractivity contribution >= 4 is 27.5 Å². The lowest BCUT2D eigenvalue weighted by Crippen LogP contribution is -2.32. The fraction of sp³-hybridized carbons (Fsp3) is 0.333. The van der Waals surface area contributed by atoms with Crippen LogP contribution in [0.1, 0.15) is 37.0 Å². The first-order valence-corrected chi connectivity index (χ1v) is 10.7. The third-order valence-corrected chi connectivity index (χ3v) is 6.20. The van der Waals surface area contributed by atoms with Crippen LogP contribution in [0.4, 0.5) is 5.69 Å². The highest BCUT2D eigenvalue weighted by Crippen LogP contribution is 2.24. The molecule has 1 aliphatic heterocycles. The summed E-state index contributed by atoms with van der Waals surface area (Å²) in [7, 11) is -3.64. The van der Waals surface area contributed by atoms with E-state index >= 15 is 0 Å². The van der Waals surface area contributed by atoms with Crippen molar-refractivity contribution in [1.82, 2.24) is 4.72 Å². The number of benzene rings is 2. The molecule has 1 aliphatic rings. The summed E-state index contributed by atoms with van der Waals surface area (Å²) < 4.78 is 27.1. The standard InChI is InChI=1S/C21H25N3O3S/c1-13(2)12-18(21(25)23-17-10-7-8-14(3)15(17)4)22-20-16-9-5-6-11-19(16)28(26,27)24-20/h5-11,13,18H,12H2,1-4H3,(H,22,24)(H,23,25). The number of hydrogen-bond donors (Lipinski definition) is 2. The molecule has 1 unspecified atom stereocenters. The topological polar surface area (TPSA) is 87.6 Å². The normalized spacial score (nSPS) is 17.2. The maximum atomic E-state index is 13.0. The third kappa shape index (κ3) is 4.09. The summed E-state index contributed by atoms with van der Waals surface area (Å²) in [5.74, 6) is 0.183. The molecule has 7 heteroatoms. The van der Waals surface area contributed by atoms with Gasteiger partial charge in [0.1, 0.15) is 11.9 Å². The van der Waals surface area contributed by atoms with Crippen molar-refractivity contribution < 1.29 is 13.2 Å². The number of nitrogens with one attached hydrogen (secondary N) is 2. The van der Waals surface area contributed by atoms with Gasteiger partial charge < -0.3 is 5.32 Å². The minimum atomic E-state index is -3.64. The van der Waals surface area contributed by atoms with E-state index in [0.29, 0.717) is 12.0 Å². The Morgan fingerprint density at radius 2 is 1.82 bits per heavy atom. The van der Waals surface area contributed by atoms with Crippen LogP contribution >= 0.6 is 0 Å². The second-order valence-corrected chi connectivity index (χ2v) is 9.11. The van der Waals surface area contributed by atoms with Gasteiger partial charge in [0.2, 0.25) is 5.91 Å². The minimum absolute atomic E-state index is 0.187. The summed E-state index contributed by atoms with van der Waals surface area (Å²) in [5.41, 5.74) is 3.32. The highest BCUT2D eigenvalue weighted by Gasteiger charge is 2.32. The molecule has 0 saturated carbocycles. The number of amides is 1. The Hall–Kier alpha value is -2.67. The summed E-state index contributed by atoms with van der Waals surface area (Å²) in [6, 6.07) is 11.7. The SMILES string of the molecule is Cc1cccc(NC(=O)C(CC(C)C)N=C2NS(=O)(=O)c3ccccc32)c1C. The van der Waals surface area contributed by atoms with Crippen LogP contribution in [0.3, 0.4) is 0 Å². The van der Waals surface area contributed by atoms with Gasteiger partial charge in [-0.2, -0.15) is 0 Å². The first kappa shape index (κ1) is 20.1. The highest BCUT2D eigenvalue weighted by atomic mass is 32.2. The molecule has 0 bridgehead atoms. The zero-order valence-corrected chi connectivity index (χ0v) is 17.3. The summed E-state index contributed by atoms with van der Waals surface area (Å²) in [6.45, 7) is 7.95. The van der Waals surface area contributed by atoms with Gasteiger partial charge in [0.15, 0.2) is 0 Å². The number of aliphatic imine (C=N–C) groups is 1. The smallest absolute Gasteiger partial charge is 0.263 e. The van der Waals surface area contributed by atoms with E-state index in [9.17, 15) is 13.2 Å². The van der Waals surface area contributed by atoms with E-state index < -0.39 is 16.1 Å². The molecule has 0 aliphatic carbocycles. The number of carbonyl (C=O) groups excluding carboxylic acids is 1. The minimum Gasteiger partial charge on any atom is -0.324 e. The van der Waals surface area contributed by atoms with Gasteiger partial charge in [0, 0.05) is 11.3 Å². The van der Waals surface area contributed by atoms with Gasteiger partial charge in [0.25, 0.3) is 10.0 Å². The first-order chi connectivity index (χ1) is 13.2. The average Bonchev–Trinajstić information content (AvgIpc) is 2.89. The second-order valence-electron chi connectivity index (χ2n) is 7.46. The zero-order valence-electron chi connectivity index (χ0n) is 16.5. The molecule has 148 valence electrons. The fourth-order valence-electron chi connectivity index (χ4n) is 3.15. The van der Waals surface area contributed by atoms with Gasteiger partial charge in [-0.3, -0.25) is 14.5 Å². The van der Waals surface area contributed by atoms with E-state index in [1.165, 1.54) is 6.07 Å². The molecule has 0 radical (unpaired) electrons. The van der Waals surface area contributed by atoms with Gasteiger partial charge in [-0.05, 0) is 55.5 Å². The van der Waals surface area contributed by atoms with E-state index in [1.54, 1.807) is 18.2 Å². The summed E-state index contributed by atoms with van der Waals surface area (Å²) in [5, 5.41) is 2.95. The van der Waals surface area contributed by atoms with Crippen molar-refractivity contribution in [3.8, 4) is 0 Å². The molecule has 28 heavy (non-hydrogen) atoms. The Bertz CT molecular complexity index is 1040. The lowest BCUT2D eigenvalue weighted by atomic mass is 10.0. The number of rotatable bonds is 5. The van der Waals surface area contributed by atoms with Crippen molar-refractivity contribution in [2.24, 2.45) is 10.9 Å². The van der Waals surface area contributed by atoms with Crippen LogP contribution in [0.5, 0.6) is 0 Å². The number of fused-ring (bicyclic) bond motifs is 1. The maximum Gasteiger partial charge on any atom is 0.263 e. The number of anilines is 1. The Balaban J connectivity index is 1.94. The van der Waals surface area contributed by atoms with Crippen LogP contribution in [0.2, 0.25) is 0 Å². The molecule has 0 saturated heterocycles. The van der Waals surface area contributed by atoms with E-state index in [-0.39, 0.29) is 22.6 Å². The number of nitrogens with zero attached hydrogens (tertiary/aromatic N) is 1. The molecule has 1 atom stereocenters. The fourth-order valence-corrected chi connectivity index (χ4v) is 4.39. The molecule has 0 fully saturated rings. The van der Waals surface area contributed by atoms with Crippen LogP contribution in [0, 0.1) is 19.8 Å². The lowest BCUT2D eigenvalue weighted by molar-refractivity contribution is -0.117. The molecular formula is C21H25N3O3S. The van der Waals surface area contributed by atoms with Crippen molar-refractivity contribution in [3.63, 3.8) is 0 Å². The lowest BCUT2D eigenvalue weighted by Gasteiger charge is -2.17. The molecule has 0 spiro atoms. The van der Waals surface area contributed by atoms with Gasteiger partial charge in [-0.25, -0.2) is 8.42 Å². The number of carbonyl (C=O) groups is 1. The van der Waals surface area contributed by atoms with Crippen molar-refractivity contribution in [2.75, 3.05) is 5.32 Å². The number of aryl methyl sites for hydroxylation is 1. The van der Waals surface area contributed by atoms with Crippen LogP contribution in [0.15, 0.2) is 52.4 Å². The van der Waals surface area contributed by atoms with E-state index in [2.05, 4.69) is 15.0 Å². The number of hydrogen-bond acceptors (Lipinski definition) is 4. The quantitative estimate of drug-likeness (QED) is 0.808. The molecule has 2 aromatic rings. The van der Waals surface area contributed by atoms with E-state index in [1.807, 2.05) is 45.9 Å². The number of sulfonamides is 1. The molecule has 0 aromatic heterocycles. The molecule has 1 heterocycles. The van der Waals surface area contributed by atoms with Crippen molar-refractivity contribution in [3.05, 3.63) is 59.2 Å². The molecular weight excluding hydrogens is 374 g/mol. The maximum absolute atomic E-state index is 13.0. The monoisotopic (exact) mass is 399 g/mol. The Morgan fingerprint density at radius 3 is 2.54 bits per heavy atom. The van der Waals surface area contributed by atoms with Gasteiger partial charge in [-0.1, -0.05) is 38.1 Å². The van der Waals surface area contributed by atoms with Crippen LogP contribution in [-0.4, -0.2) is 26.2 Å². The number of amidine groups is 1. The molecule has 2 aromatic carbocycles. The summed E-state index contributed by atoms with van der Waals surface area (Å²) >= 11 is 0. The summed E-state index contributed by atoms with van der Waals surface area (Å²) in [6.07, 6.45) is 0.504. The van der Waals surface area contributed by atoms with Crippen LogP contribution in [0.25, 0.3) is 0 Å². The molecule has 2 N–H and O–H groups in total. The Labute approximate surface area is 166 Å². The highest BCUT2D eigenvalue weighted by molar-refractivity contribution is 7.90. The van der Waals surface area contributed by atoms with Crippen molar-refractivity contribution in [1.29, 1.82) is 0 Å². The summed E-state index contributed by atoms with van der Waals surface area (Å²) in [4.78, 5) is 17.7. The predicted octanol–water partition coefficient (Wildman–Crippen LogP) is 3.40.